The van der Waals surface area contributed by atoms with Gasteiger partial charge in [-0.05, 0) is 36.2 Å². The highest BCUT2D eigenvalue weighted by molar-refractivity contribution is 5.80. The van der Waals surface area contributed by atoms with Crippen LogP contribution in [0.15, 0.2) is 60.7 Å². The molecule has 3 heteroatoms. The fourth-order valence-corrected chi connectivity index (χ4v) is 3.22. The molecule has 0 amide bonds. The van der Waals surface area contributed by atoms with Gasteiger partial charge in [-0.25, -0.2) is 4.98 Å². The first-order valence-corrected chi connectivity index (χ1v) is 8.09. The van der Waals surface area contributed by atoms with Crippen molar-refractivity contribution in [1.29, 1.82) is 0 Å². The third-order valence-electron chi connectivity index (χ3n) is 4.51. The monoisotopic (exact) mass is 304 g/mol. The number of anilines is 1. The Bertz CT molecular complexity index is 830. The van der Waals surface area contributed by atoms with Crippen molar-refractivity contribution in [3.8, 4) is 0 Å². The number of hydrogen-bond acceptors (Lipinski definition) is 3. The van der Waals surface area contributed by atoms with Crippen molar-refractivity contribution >= 4 is 16.7 Å². The molecule has 1 atom stereocenters. The van der Waals surface area contributed by atoms with Crippen LogP contribution < -0.4 is 4.90 Å². The Labute approximate surface area is 136 Å². The second-order valence-corrected chi connectivity index (χ2v) is 6.02. The van der Waals surface area contributed by atoms with Crippen molar-refractivity contribution in [2.24, 2.45) is 0 Å². The van der Waals surface area contributed by atoms with E-state index in [0.29, 0.717) is 0 Å². The molecule has 3 nitrogen and oxygen atoms in total. The van der Waals surface area contributed by atoms with Gasteiger partial charge >= 0.3 is 0 Å². The zero-order valence-corrected chi connectivity index (χ0v) is 13.3. The van der Waals surface area contributed by atoms with Crippen molar-refractivity contribution < 1.29 is 4.74 Å². The van der Waals surface area contributed by atoms with E-state index in [2.05, 4.69) is 60.4 Å². The first-order valence-electron chi connectivity index (χ1n) is 8.09. The molecule has 1 aliphatic heterocycles. The van der Waals surface area contributed by atoms with Gasteiger partial charge in [0.25, 0.3) is 0 Å². The van der Waals surface area contributed by atoms with Crippen molar-refractivity contribution in [3.05, 3.63) is 71.8 Å². The number of fused-ring (bicyclic) bond motifs is 1. The minimum absolute atomic E-state index is 0.109. The lowest BCUT2D eigenvalue weighted by Crippen LogP contribution is -2.39. The van der Waals surface area contributed by atoms with Crippen LogP contribution in [0.1, 0.15) is 17.2 Å². The Morgan fingerprint density at radius 3 is 2.74 bits per heavy atom. The average Bonchev–Trinajstić information content (AvgIpc) is 2.62. The fraction of sp³-hybridized carbons (Fsp3) is 0.250. The van der Waals surface area contributed by atoms with Gasteiger partial charge in [-0.3, -0.25) is 0 Å². The lowest BCUT2D eigenvalue weighted by atomic mass is 10.0. The molecular weight excluding hydrogens is 284 g/mol. The molecule has 1 aromatic heterocycles. The zero-order valence-electron chi connectivity index (χ0n) is 13.3. The maximum absolute atomic E-state index is 6.01. The van der Waals surface area contributed by atoms with Gasteiger partial charge in [0.05, 0.1) is 12.1 Å². The molecule has 23 heavy (non-hydrogen) atoms. The standard InChI is InChI=1S/C20H20N2O/c1-15-6-2-4-8-17(15)19-14-22(12-13-23-19)20-11-10-16-7-3-5-9-18(16)21-20/h2-11,19H,12-14H2,1H3. The molecule has 0 spiro atoms. The molecule has 0 radical (unpaired) electrons. The van der Waals surface area contributed by atoms with Crippen LogP contribution in [0.2, 0.25) is 0 Å². The highest BCUT2D eigenvalue weighted by Gasteiger charge is 2.24. The molecule has 1 fully saturated rings. The van der Waals surface area contributed by atoms with Gasteiger partial charge < -0.3 is 9.64 Å². The van der Waals surface area contributed by atoms with E-state index in [-0.39, 0.29) is 6.10 Å². The maximum Gasteiger partial charge on any atom is 0.129 e. The predicted molar refractivity (Wildman–Crippen MR) is 93.8 cm³/mol. The van der Waals surface area contributed by atoms with Crippen LogP contribution in [-0.4, -0.2) is 24.7 Å². The summed E-state index contributed by atoms with van der Waals surface area (Å²) in [5.41, 5.74) is 3.60. The lowest BCUT2D eigenvalue weighted by Gasteiger charge is -2.34. The molecule has 1 unspecified atom stereocenters. The summed E-state index contributed by atoms with van der Waals surface area (Å²) < 4.78 is 6.01. The third kappa shape index (κ3) is 2.80. The summed E-state index contributed by atoms with van der Waals surface area (Å²) in [6.07, 6.45) is 0.109. The van der Waals surface area contributed by atoms with E-state index in [1.165, 1.54) is 16.5 Å². The SMILES string of the molecule is Cc1ccccc1C1CN(c2ccc3ccccc3n2)CCO1. The van der Waals surface area contributed by atoms with Gasteiger partial charge in [0.2, 0.25) is 0 Å². The number of morpholine rings is 1. The van der Waals surface area contributed by atoms with Gasteiger partial charge in [0.15, 0.2) is 0 Å². The number of benzene rings is 2. The number of rotatable bonds is 2. The molecule has 1 aliphatic rings. The maximum atomic E-state index is 6.01. The molecule has 0 aliphatic carbocycles. The Hall–Kier alpha value is -2.39. The summed E-state index contributed by atoms with van der Waals surface area (Å²) in [6, 6.07) is 21.0. The summed E-state index contributed by atoms with van der Waals surface area (Å²) in [5, 5.41) is 1.18. The number of aromatic nitrogens is 1. The molecule has 1 saturated heterocycles. The normalized spacial score (nSPS) is 18.3. The minimum Gasteiger partial charge on any atom is -0.370 e. The molecule has 4 rings (SSSR count). The molecule has 2 aromatic carbocycles. The van der Waals surface area contributed by atoms with Gasteiger partial charge in [0.1, 0.15) is 11.9 Å². The van der Waals surface area contributed by atoms with Crippen molar-refractivity contribution in [2.45, 2.75) is 13.0 Å². The largest absolute Gasteiger partial charge is 0.370 e. The van der Waals surface area contributed by atoms with Gasteiger partial charge in [-0.15, -0.1) is 0 Å². The summed E-state index contributed by atoms with van der Waals surface area (Å²) in [4.78, 5) is 7.15. The molecular formula is C20H20N2O. The van der Waals surface area contributed by atoms with Crippen LogP contribution in [0.3, 0.4) is 0 Å². The molecule has 0 N–H and O–H groups in total. The summed E-state index contributed by atoms with van der Waals surface area (Å²) in [7, 11) is 0. The Balaban J connectivity index is 1.62. The van der Waals surface area contributed by atoms with Gasteiger partial charge in [0, 0.05) is 18.5 Å². The Morgan fingerprint density at radius 2 is 1.83 bits per heavy atom. The minimum atomic E-state index is 0.109. The topological polar surface area (TPSA) is 25.4 Å². The van der Waals surface area contributed by atoms with E-state index in [1.807, 2.05) is 12.1 Å². The third-order valence-corrected chi connectivity index (χ3v) is 4.51. The van der Waals surface area contributed by atoms with E-state index in [0.717, 1.165) is 31.0 Å². The van der Waals surface area contributed by atoms with Crippen molar-refractivity contribution in [2.75, 3.05) is 24.6 Å². The fourth-order valence-electron chi connectivity index (χ4n) is 3.22. The summed E-state index contributed by atoms with van der Waals surface area (Å²) in [6.45, 7) is 4.60. The van der Waals surface area contributed by atoms with Gasteiger partial charge in [-0.1, -0.05) is 42.5 Å². The van der Waals surface area contributed by atoms with Crippen LogP contribution in [0.4, 0.5) is 5.82 Å². The van der Waals surface area contributed by atoms with E-state index < -0.39 is 0 Å². The second-order valence-electron chi connectivity index (χ2n) is 6.02. The second kappa shape index (κ2) is 6.01. The van der Waals surface area contributed by atoms with Crippen LogP contribution in [0.5, 0.6) is 0 Å². The Kier molecular flexibility index (Phi) is 3.72. The number of nitrogens with zero attached hydrogens (tertiary/aromatic N) is 2. The number of aryl methyl sites for hydroxylation is 1. The average molecular weight is 304 g/mol. The Morgan fingerprint density at radius 1 is 1.00 bits per heavy atom. The molecule has 0 saturated carbocycles. The number of para-hydroxylation sites is 1. The first kappa shape index (κ1) is 14.2. The van der Waals surface area contributed by atoms with Crippen molar-refractivity contribution in [3.63, 3.8) is 0 Å². The molecule has 2 heterocycles. The number of hydrogen-bond donors (Lipinski definition) is 0. The van der Waals surface area contributed by atoms with E-state index >= 15 is 0 Å². The van der Waals surface area contributed by atoms with E-state index in [9.17, 15) is 0 Å². The van der Waals surface area contributed by atoms with E-state index in [4.69, 9.17) is 9.72 Å². The number of pyridine rings is 1. The van der Waals surface area contributed by atoms with Crippen LogP contribution >= 0.6 is 0 Å². The summed E-state index contributed by atoms with van der Waals surface area (Å²) >= 11 is 0. The molecule has 0 bridgehead atoms. The molecule has 3 aromatic rings. The zero-order chi connectivity index (χ0) is 15.6. The van der Waals surface area contributed by atoms with Crippen molar-refractivity contribution in [1.82, 2.24) is 4.98 Å². The highest BCUT2D eigenvalue weighted by Crippen LogP contribution is 2.28. The van der Waals surface area contributed by atoms with Crippen LogP contribution in [0.25, 0.3) is 10.9 Å². The van der Waals surface area contributed by atoms with Crippen LogP contribution in [-0.2, 0) is 4.74 Å². The van der Waals surface area contributed by atoms with Gasteiger partial charge in [-0.2, -0.15) is 0 Å². The quantitative estimate of drug-likeness (QED) is 0.712. The van der Waals surface area contributed by atoms with E-state index in [1.54, 1.807) is 0 Å². The lowest BCUT2D eigenvalue weighted by molar-refractivity contribution is 0.0391. The highest BCUT2D eigenvalue weighted by atomic mass is 16.5. The summed E-state index contributed by atoms with van der Waals surface area (Å²) in [5.74, 6) is 1.03. The predicted octanol–water partition coefficient (Wildman–Crippen LogP) is 4.12. The molecule has 116 valence electrons. The number of ether oxygens (including phenoxy) is 1. The first-order chi connectivity index (χ1) is 11.3. The smallest absolute Gasteiger partial charge is 0.129 e. The van der Waals surface area contributed by atoms with Crippen LogP contribution in [0, 0.1) is 6.92 Å².